The number of benzene rings is 1. The van der Waals surface area contributed by atoms with Gasteiger partial charge >= 0.3 is 0 Å². The first-order valence-corrected chi connectivity index (χ1v) is 8.83. The molecule has 1 aromatic heterocycles. The summed E-state index contributed by atoms with van der Waals surface area (Å²) in [7, 11) is 0. The Morgan fingerprint density at radius 3 is 2.62 bits per heavy atom. The zero-order chi connectivity index (χ0) is 17.5. The van der Waals surface area contributed by atoms with Crippen LogP contribution in [0.15, 0.2) is 24.3 Å². The maximum atomic E-state index is 12.0. The van der Waals surface area contributed by atoms with Crippen molar-refractivity contribution in [3.05, 3.63) is 40.4 Å². The minimum atomic E-state index is -0.316. The number of carbonyl (C=O) groups is 2. The molecule has 0 saturated carbocycles. The molecule has 0 saturated heterocycles. The Morgan fingerprint density at radius 2 is 1.96 bits per heavy atom. The Morgan fingerprint density at radius 1 is 1.21 bits per heavy atom. The number of aromatic nitrogens is 2. The Kier molecular flexibility index (Phi) is 6.43. The monoisotopic (exact) mass is 346 g/mol. The SMILES string of the molecule is CCC(CC)c1nnc(NC(=O)CNC(=O)c2cccc(C)c2)s1. The van der Waals surface area contributed by atoms with Gasteiger partial charge in [0.2, 0.25) is 11.0 Å². The summed E-state index contributed by atoms with van der Waals surface area (Å²) in [5, 5.41) is 14.8. The number of hydrogen-bond donors (Lipinski definition) is 2. The summed E-state index contributed by atoms with van der Waals surface area (Å²) < 4.78 is 0. The number of nitrogens with one attached hydrogen (secondary N) is 2. The zero-order valence-electron chi connectivity index (χ0n) is 14.1. The molecular formula is C17H22N4O2S. The highest BCUT2D eigenvalue weighted by Crippen LogP contribution is 2.27. The van der Waals surface area contributed by atoms with Gasteiger partial charge in [0.25, 0.3) is 5.91 Å². The van der Waals surface area contributed by atoms with Crippen LogP contribution < -0.4 is 10.6 Å². The average molecular weight is 346 g/mol. The van der Waals surface area contributed by atoms with Gasteiger partial charge < -0.3 is 5.32 Å². The number of carbonyl (C=O) groups excluding carboxylic acids is 2. The van der Waals surface area contributed by atoms with E-state index >= 15 is 0 Å². The predicted octanol–water partition coefficient (Wildman–Crippen LogP) is 3.12. The van der Waals surface area contributed by atoms with Crippen molar-refractivity contribution >= 4 is 28.3 Å². The van der Waals surface area contributed by atoms with Crippen molar-refractivity contribution in [2.75, 3.05) is 11.9 Å². The third kappa shape index (κ3) is 4.86. The summed E-state index contributed by atoms with van der Waals surface area (Å²) in [6.45, 7) is 6.02. The normalized spacial score (nSPS) is 10.7. The molecule has 7 heteroatoms. The van der Waals surface area contributed by atoms with Crippen molar-refractivity contribution in [2.24, 2.45) is 0 Å². The van der Waals surface area contributed by atoms with E-state index in [-0.39, 0.29) is 18.4 Å². The van der Waals surface area contributed by atoms with E-state index in [9.17, 15) is 9.59 Å². The van der Waals surface area contributed by atoms with E-state index in [1.165, 1.54) is 11.3 Å². The van der Waals surface area contributed by atoms with Crippen LogP contribution in [-0.4, -0.2) is 28.6 Å². The van der Waals surface area contributed by atoms with E-state index in [1.807, 2.05) is 19.1 Å². The van der Waals surface area contributed by atoms with Crippen LogP contribution in [0.1, 0.15) is 53.5 Å². The van der Waals surface area contributed by atoms with Crippen molar-refractivity contribution in [1.29, 1.82) is 0 Å². The van der Waals surface area contributed by atoms with Gasteiger partial charge in [0.05, 0.1) is 6.54 Å². The largest absolute Gasteiger partial charge is 0.343 e. The van der Waals surface area contributed by atoms with Crippen molar-refractivity contribution in [3.8, 4) is 0 Å². The first-order chi connectivity index (χ1) is 11.5. The fourth-order valence-electron chi connectivity index (χ4n) is 2.30. The highest BCUT2D eigenvalue weighted by Gasteiger charge is 2.15. The lowest BCUT2D eigenvalue weighted by Crippen LogP contribution is -2.32. The molecule has 0 aliphatic heterocycles. The lowest BCUT2D eigenvalue weighted by atomic mass is 10.1. The summed E-state index contributed by atoms with van der Waals surface area (Å²) in [5.41, 5.74) is 1.53. The highest BCUT2D eigenvalue weighted by atomic mass is 32.1. The number of hydrogen-bond acceptors (Lipinski definition) is 5. The van der Waals surface area contributed by atoms with Crippen molar-refractivity contribution in [1.82, 2.24) is 15.5 Å². The molecule has 2 amide bonds. The second-order valence-corrected chi connectivity index (χ2v) is 6.57. The molecule has 0 atom stereocenters. The fourth-order valence-corrected chi connectivity index (χ4v) is 3.33. The molecule has 1 heterocycles. The van der Waals surface area contributed by atoms with Crippen LogP contribution in [0.3, 0.4) is 0 Å². The van der Waals surface area contributed by atoms with Gasteiger partial charge in [-0.2, -0.15) is 0 Å². The Labute approximate surface area is 145 Å². The molecule has 0 aliphatic rings. The molecule has 128 valence electrons. The van der Waals surface area contributed by atoms with E-state index in [0.717, 1.165) is 23.4 Å². The van der Waals surface area contributed by atoms with Crippen LogP contribution >= 0.6 is 11.3 Å². The number of rotatable bonds is 7. The molecule has 24 heavy (non-hydrogen) atoms. The molecule has 6 nitrogen and oxygen atoms in total. The van der Waals surface area contributed by atoms with Crippen LogP contribution in [0.25, 0.3) is 0 Å². The van der Waals surface area contributed by atoms with Crippen LogP contribution in [0.2, 0.25) is 0 Å². The van der Waals surface area contributed by atoms with Gasteiger partial charge in [-0.15, -0.1) is 10.2 Å². The van der Waals surface area contributed by atoms with E-state index < -0.39 is 0 Å². The molecule has 0 aliphatic carbocycles. The molecule has 2 N–H and O–H groups in total. The molecule has 0 spiro atoms. The summed E-state index contributed by atoms with van der Waals surface area (Å²) in [6, 6.07) is 7.22. The maximum absolute atomic E-state index is 12.0. The van der Waals surface area contributed by atoms with Gasteiger partial charge in [-0.3, -0.25) is 14.9 Å². The van der Waals surface area contributed by atoms with E-state index in [2.05, 4.69) is 34.7 Å². The van der Waals surface area contributed by atoms with Crippen LogP contribution in [0, 0.1) is 6.92 Å². The average Bonchev–Trinajstić information content (AvgIpc) is 3.02. The van der Waals surface area contributed by atoms with Crippen molar-refractivity contribution < 1.29 is 9.59 Å². The van der Waals surface area contributed by atoms with Gasteiger partial charge in [0.15, 0.2) is 0 Å². The zero-order valence-corrected chi connectivity index (χ0v) is 14.9. The Hall–Kier alpha value is -2.28. The van der Waals surface area contributed by atoms with Gasteiger partial charge in [-0.1, -0.05) is 42.9 Å². The van der Waals surface area contributed by atoms with Crippen LogP contribution in [0.5, 0.6) is 0 Å². The lowest BCUT2D eigenvalue weighted by Gasteiger charge is -2.06. The third-order valence-electron chi connectivity index (χ3n) is 3.71. The van der Waals surface area contributed by atoms with Crippen molar-refractivity contribution in [3.63, 3.8) is 0 Å². The molecule has 0 bridgehead atoms. The molecule has 0 fully saturated rings. The van der Waals surface area contributed by atoms with Crippen LogP contribution in [0.4, 0.5) is 5.13 Å². The minimum absolute atomic E-state index is 0.104. The first-order valence-electron chi connectivity index (χ1n) is 8.01. The van der Waals surface area contributed by atoms with Gasteiger partial charge in [-0.25, -0.2) is 0 Å². The molecule has 2 rings (SSSR count). The number of amides is 2. The van der Waals surface area contributed by atoms with Gasteiger partial charge in [0, 0.05) is 11.5 Å². The smallest absolute Gasteiger partial charge is 0.251 e. The molecular weight excluding hydrogens is 324 g/mol. The van der Waals surface area contributed by atoms with Gasteiger partial charge in [0.1, 0.15) is 5.01 Å². The second-order valence-electron chi connectivity index (χ2n) is 5.56. The van der Waals surface area contributed by atoms with Crippen LogP contribution in [-0.2, 0) is 4.79 Å². The van der Waals surface area contributed by atoms with Gasteiger partial charge in [-0.05, 0) is 31.9 Å². The number of anilines is 1. The quantitative estimate of drug-likeness (QED) is 0.807. The lowest BCUT2D eigenvalue weighted by molar-refractivity contribution is -0.115. The summed E-state index contributed by atoms with van der Waals surface area (Å²) in [6.07, 6.45) is 1.98. The fraction of sp³-hybridized carbons (Fsp3) is 0.412. The standard InChI is InChI=1S/C17H22N4O2S/c1-4-12(5-2)16-20-21-17(24-16)19-14(22)10-18-15(23)13-8-6-7-11(3)9-13/h6-9,12H,4-5,10H2,1-3H3,(H,18,23)(H,19,21,22). The van der Waals surface area contributed by atoms with E-state index in [4.69, 9.17) is 0 Å². The summed E-state index contributed by atoms with van der Waals surface area (Å²) >= 11 is 1.38. The predicted molar refractivity (Wildman–Crippen MR) is 95.4 cm³/mol. The van der Waals surface area contributed by atoms with Crippen molar-refractivity contribution in [2.45, 2.75) is 39.5 Å². The maximum Gasteiger partial charge on any atom is 0.251 e. The third-order valence-corrected chi connectivity index (χ3v) is 4.71. The Balaban J connectivity index is 1.86. The number of nitrogens with zero attached hydrogens (tertiary/aromatic N) is 2. The molecule has 0 radical (unpaired) electrons. The number of aryl methyl sites for hydroxylation is 1. The van der Waals surface area contributed by atoms with E-state index in [1.54, 1.807) is 12.1 Å². The minimum Gasteiger partial charge on any atom is -0.343 e. The Bertz CT molecular complexity index is 710. The summed E-state index contributed by atoms with van der Waals surface area (Å²) in [5.74, 6) is -0.221. The highest BCUT2D eigenvalue weighted by molar-refractivity contribution is 7.15. The second kappa shape index (κ2) is 8.54. The molecule has 2 aromatic rings. The van der Waals surface area contributed by atoms with E-state index in [0.29, 0.717) is 16.6 Å². The molecule has 0 unspecified atom stereocenters. The first kappa shape index (κ1) is 18.1. The topological polar surface area (TPSA) is 84.0 Å². The molecule has 1 aromatic carbocycles. The summed E-state index contributed by atoms with van der Waals surface area (Å²) in [4.78, 5) is 24.0.